The number of nitrogens with one attached hydrogen (secondary N) is 1. The van der Waals surface area contributed by atoms with Gasteiger partial charge in [0.2, 0.25) is 0 Å². The van der Waals surface area contributed by atoms with E-state index in [-0.39, 0.29) is 23.3 Å². The summed E-state index contributed by atoms with van der Waals surface area (Å²) in [6, 6.07) is 7.01. The van der Waals surface area contributed by atoms with Gasteiger partial charge in [0.15, 0.2) is 5.01 Å². The van der Waals surface area contributed by atoms with Gasteiger partial charge in [0, 0.05) is 6.54 Å². The van der Waals surface area contributed by atoms with Crippen molar-refractivity contribution in [2.24, 2.45) is 11.3 Å². The summed E-state index contributed by atoms with van der Waals surface area (Å²) in [5.41, 5.74) is 4.12. The SMILES string of the molecule is CC(C)(CNC(=O)c1nc(CC2CCCCCC2)c(-c2cc(C(C)(C)C)cc(C3(C)CC3)c2)s1)C(=O)O. The highest BCUT2D eigenvalue weighted by atomic mass is 32.1. The molecule has 1 aromatic carbocycles. The van der Waals surface area contributed by atoms with E-state index in [9.17, 15) is 14.7 Å². The number of amides is 1. The standard InChI is InChI=1S/C31H44N2O3S/c1-29(2,3)22-16-21(17-23(18-22)31(6)13-14-31)25-24(15-20-11-9-7-8-10-12-20)33-27(37-25)26(34)32-19-30(4,5)28(35)36/h16-18,20H,7-15,19H2,1-6H3,(H,32,34)(H,35,36). The van der Waals surface area contributed by atoms with Crippen LogP contribution in [0, 0.1) is 11.3 Å². The molecule has 5 nitrogen and oxygen atoms in total. The van der Waals surface area contributed by atoms with Gasteiger partial charge in [-0.15, -0.1) is 11.3 Å². The lowest BCUT2D eigenvalue weighted by molar-refractivity contribution is -0.146. The van der Waals surface area contributed by atoms with E-state index in [1.165, 1.54) is 79.4 Å². The highest BCUT2D eigenvalue weighted by molar-refractivity contribution is 7.17. The smallest absolute Gasteiger partial charge is 0.310 e. The lowest BCUT2D eigenvalue weighted by Gasteiger charge is -2.23. The molecule has 37 heavy (non-hydrogen) atoms. The molecule has 6 heteroatoms. The highest BCUT2D eigenvalue weighted by Gasteiger charge is 2.40. The van der Waals surface area contributed by atoms with E-state index in [1.807, 2.05) is 0 Å². The van der Waals surface area contributed by atoms with Crippen LogP contribution in [0.4, 0.5) is 0 Å². The van der Waals surface area contributed by atoms with Crippen molar-refractivity contribution < 1.29 is 14.7 Å². The largest absolute Gasteiger partial charge is 0.481 e. The van der Waals surface area contributed by atoms with Gasteiger partial charge >= 0.3 is 5.97 Å². The molecule has 0 radical (unpaired) electrons. The Labute approximate surface area is 226 Å². The van der Waals surface area contributed by atoms with Gasteiger partial charge < -0.3 is 10.4 Å². The van der Waals surface area contributed by atoms with Crippen molar-refractivity contribution in [2.45, 2.75) is 110 Å². The van der Waals surface area contributed by atoms with Crippen LogP contribution in [0.3, 0.4) is 0 Å². The molecule has 2 N–H and O–H groups in total. The average molecular weight is 525 g/mol. The first-order valence-corrected chi connectivity index (χ1v) is 14.8. The minimum Gasteiger partial charge on any atom is -0.481 e. The minimum absolute atomic E-state index is 0.0186. The van der Waals surface area contributed by atoms with Gasteiger partial charge in [0.1, 0.15) is 0 Å². The number of hydrogen-bond donors (Lipinski definition) is 2. The lowest BCUT2D eigenvalue weighted by Crippen LogP contribution is -2.38. The number of rotatable bonds is 8. The van der Waals surface area contributed by atoms with E-state index in [2.05, 4.69) is 51.2 Å². The summed E-state index contributed by atoms with van der Waals surface area (Å²) in [6.07, 6.45) is 10.9. The minimum atomic E-state index is -1.03. The fourth-order valence-corrected chi connectivity index (χ4v) is 6.12. The molecule has 2 aliphatic rings. The van der Waals surface area contributed by atoms with Gasteiger partial charge in [-0.2, -0.15) is 0 Å². The molecule has 1 amide bonds. The quantitative estimate of drug-likeness (QED) is 0.350. The van der Waals surface area contributed by atoms with Crippen LogP contribution in [0.2, 0.25) is 0 Å². The number of hydrogen-bond acceptors (Lipinski definition) is 4. The van der Waals surface area contributed by atoms with Crippen molar-refractivity contribution in [1.29, 1.82) is 0 Å². The molecule has 2 saturated carbocycles. The Balaban J connectivity index is 1.72. The van der Waals surface area contributed by atoms with Crippen molar-refractivity contribution >= 4 is 23.2 Å². The first-order chi connectivity index (χ1) is 17.3. The van der Waals surface area contributed by atoms with Crippen LogP contribution in [0.15, 0.2) is 18.2 Å². The average Bonchev–Trinajstić information content (AvgIpc) is 3.52. The summed E-state index contributed by atoms with van der Waals surface area (Å²) in [7, 11) is 0. The number of carboxylic acid groups (broad SMARTS) is 1. The molecule has 0 bridgehead atoms. The number of carbonyl (C=O) groups excluding carboxylic acids is 1. The van der Waals surface area contributed by atoms with E-state index in [4.69, 9.17) is 4.98 Å². The lowest BCUT2D eigenvalue weighted by atomic mass is 9.82. The fraction of sp³-hybridized carbons (Fsp3) is 0.645. The van der Waals surface area contributed by atoms with Crippen LogP contribution < -0.4 is 5.32 Å². The monoisotopic (exact) mass is 524 g/mol. The molecule has 202 valence electrons. The molecule has 1 heterocycles. The molecule has 0 spiro atoms. The molecule has 2 aliphatic carbocycles. The third-order valence-electron chi connectivity index (χ3n) is 8.38. The maximum Gasteiger partial charge on any atom is 0.310 e. The van der Waals surface area contributed by atoms with Gasteiger partial charge in [-0.05, 0) is 78.7 Å². The molecular weight excluding hydrogens is 480 g/mol. The molecule has 2 fully saturated rings. The second-order valence-corrected chi connectivity index (χ2v) is 14.3. The molecule has 0 saturated heterocycles. The third-order valence-corrected chi connectivity index (χ3v) is 9.52. The molecular formula is C31H44N2O3S. The zero-order valence-corrected chi connectivity index (χ0v) is 24.3. The maximum absolute atomic E-state index is 13.2. The molecule has 1 aromatic heterocycles. The molecule has 0 unspecified atom stereocenters. The van der Waals surface area contributed by atoms with Crippen LogP contribution >= 0.6 is 11.3 Å². The number of aliphatic carboxylic acids is 1. The van der Waals surface area contributed by atoms with E-state index in [0.29, 0.717) is 10.9 Å². The fourth-order valence-electron chi connectivity index (χ4n) is 5.12. The Morgan fingerprint density at radius 1 is 1.05 bits per heavy atom. The summed E-state index contributed by atoms with van der Waals surface area (Å²) in [4.78, 5) is 30.7. The summed E-state index contributed by atoms with van der Waals surface area (Å²) in [6.45, 7) is 12.4. The Kier molecular flexibility index (Phi) is 7.90. The summed E-state index contributed by atoms with van der Waals surface area (Å²) < 4.78 is 0. The van der Waals surface area contributed by atoms with E-state index >= 15 is 0 Å². The maximum atomic E-state index is 13.2. The number of carbonyl (C=O) groups is 2. The highest BCUT2D eigenvalue weighted by Crippen LogP contribution is 2.50. The Morgan fingerprint density at radius 2 is 1.70 bits per heavy atom. The van der Waals surface area contributed by atoms with E-state index in [1.54, 1.807) is 13.8 Å². The molecule has 0 aliphatic heterocycles. The zero-order valence-electron chi connectivity index (χ0n) is 23.5. The van der Waals surface area contributed by atoms with Crippen molar-refractivity contribution in [2.75, 3.05) is 6.54 Å². The summed E-state index contributed by atoms with van der Waals surface area (Å²) in [5.74, 6) is -0.618. The number of nitrogens with zero attached hydrogens (tertiary/aromatic N) is 1. The van der Waals surface area contributed by atoms with Crippen molar-refractivity contribution in [3.05, 3.63) is 40.0 Å². The second-order valence-electron chi connectivity index (χ2n) is 13.3. The van der Waals surface area contributed by atoms with Gasteiger partial charge in [-0.25, -0.2) is 4.98 Å². The number of thiazole rings is 1. The van der Waals surface area contributed by atoms with Gasteiger partial charge in [-0.3, -0.25) is 9.59 Å². The Hall–Kier alpha value is -2.21. The predicted molar refractivity (Wildman–Crippen MR) is 151 cm³/mol. The zero-order chi connectivity index (χ0) is 27.0. The Morgan fingerprint density at radius 3 is 2.27 bits per heavy atom. The van der Waals surface area contributed by atoms with Crippen LogP contribution in [0.5, 0.6) is 0 Å². The van der Waals surface area contributed by atoms with Crippen molar-refractivity contribution in [3.63, 3.8) is 0 Å². The van der Waals surface area contributed by atoms with Crippen LogP contribution in [0.1, 0.15) is 120 Å². The third kappa shape index (κ3) is 6.63. The normalized spacial score (nSPS) is 18.3. The topological polar surface area (TPSA) is 79.3 Å². The van der Waals surface area contributed by atoms with Crippen LogP contribution in [-0.4, -0.2) is 28.5 Å². The summed E-state index contributed by atoms with van der Waals surface area (Å²) >= 11 is 1.46. The number of carboxylic acids is 1. The van der Waals surface area contributed by atoms with Gasteiger partial charge in [-0.1, -0.05) is 72.3 Å². The van der Waals surface area contributed by atoms with Gasteiger partial charge in [0.05, 0.1) is 16.0 Å². The van der Waals surface area contributed by atoms with Gasteiger partial charge in [0.25, 0.3) is 5.91 Å². The Bertz CT molecular complexity index is 1120. The first kappa shape index (κ1) is 27.8. The predicted octanol–water partition coefficient (Wildman–Crippen LogP) is 7.51. The van der Waals surface area contributed by atoms with E-state index < -0.39 is 11.4 Å². The second kappa shape index (κ2) is 10.5. The molecule has 0 atom stereocenters. The van der Waals surface area contributed by atoms with Crippen molar-refractivity contribution in [3.8, 4) is 10.4 Å². The molecule has 4 rings (SSSR count). The van der Waals surface area contributed by atoms with Crippen LogP contribution in [0.25, 0.3) is 10.4 Å². The summed E-state index contributed by atoms with van der Waals surface area (Å²) in [5, 5.41) is 12.7. The van der Waals surface area contributed by atoms with Crippen LogP contribution in [-0.2, 0) is 22.0 Å². The van der Waals surface area contributed by atoms with E-state index in [0.717, 1.165) is 17.0 Å². The molecule has 2 aromatic rings. The first-order valence-electron chi connectivity index (χ1n) is 14.0. The number of benzene rings is 1. The number of aromatic nitrogens is 1. The van der Waals surface area contributed by atoms with Crippen molar-refractivity contribution in [1.82, 2.24) is 10.3 Å².